The molecule has 98 valence electrons. The van der Waals surface area contributed by atoms with E-state index in [0.717, 1.165) is 0 Å². The van der Waals surface area contributed by atoms with Crippen LogP contribution < -0.4 is 0 Å². The lowest BCUT2D eigenvalue weighted by Crippen LogP contribution is -2.49. The maximum atomic E-state index is 12.0. The Balaban J connectivity index is 2.72. The highest BCUT2D eigenvalue weighted by atomic mass is 16.5. The van der Waals surface area contributed by atoms with E-state index in [1.165, 1.54) is 0 Å². The van der Waals surface area contributed by atoms with E-state index < -0.39 is 11.9 Å². The van der Waals surface area contributed by atoms with Gasteiger partial charge in [-0.25, -0.2) is 0 Å². The number of carbonyl (C=O) groups is 2. The van der Waals surface area contributed by atoms with Gasteiger partial charge in [0.05, 0.1) is 25.8 Å². The predicted molar refractivity (Wildman–Crippen MR) is 61.7 cm³/mol. The van der Waals surface area contributed by atoms with Crippen molar-refractivity contribution in [2.24, 2.45) is 5.92 Å². The molecule has 2 atom stereocenters. The van der Waals surface area contributed by atoms with Crippen LogP contribution in [0.5, 0.6) is 0 Å². The summed E-state index contributed by atoms with van der Waals surface area (Å²) in [5.41, 5.74) is 0. The van der Waals surface area contributed by atoms with Gasteiger partial charge in [-0.15, -0.1) is 0 Å². The van der Waals surface area contributed by atoms with Crippen LogP contribution in [0, 0.1) is 5.92 Å². The van der Waals surface area contributed by atoms with Crippen molar-refractivity contribution >= 4 is 11.9 Å². The molecular weight excluding hydrogens is 224 g/mol. The third-order valence-electron chi connectivity index (χ3n) is 2.88. The lowest BCUT2D eigenvalue weighted by molar-refractivity contribution is -0.145. The molecule has 6 heteroatoms. The van der Waals surface area contributed by atoms with Crippen LogP contribution in [0.4, 0.5) is 0 Å². The van der Waals surface area contributed by atoms with E-state index in [1.807, 2.05) is 21.0 Å². The van der Waals surface area contributed by atoms with Crippen molar-refractivity contribution < 1.29 is 19.4 Å². The fourth-order valence-corrected chi connectivity index (χ4v) is 2.04. The maximum absolute atomic E-state index is 12.0. The number of likely N-dealkylation sites (N-methyl/N-ethyl adjacent to an activating group) is 2. The van der Waals surface area contributed by atoms with Crippen LogP contribution >= 0.6 is 0 Å². The Bertz CT molecular complexity index is 293. The van der Waals surface area contributed by atoms with Crippen molar-refractivity contribution in [2.75, 3.05) is 40.4 Å². The minimum Gasteiger partial charge on any atom is -0.481 e. The molecule has 6 nitrogen and oxygen atoms in total. The summed E-state index contributed by atoms with van der Waals surface area (Å²) in [5, 5.41) is 9.06. The number of hydrogen-bond donors (Lipinski definition) is 1. The molecule has 0 radical (unpaired) electrons. The molecule has 2 unspecified atom stereocenters. The number of carboxylic acid groups (broad SMARTS) is 1. The largest absolute Gasteiger partial charge is 0.481 e. The van der Waals surface area contributed by atoms with Gasteiger partial charge in [0.1, 0.15) is 5.92 Å². The van der Waals surface area contributed by atoms with Crippen molar-refractivity contribution in [1.82, 2.24) is 9.80 Å². The van der Waals surface area contributed by atoms with E-state index in [0.29, 0.717) is 13.2 Å². The Morgan fingerprint density at radius 1 is 1.35 bits per heavy atom. The van der Waals surface area contributed by atoms with Crippen LogP contribution in [0.2, 0.25) is 0 Å². The zero-order valence-electron chi connectivity index (χ0n) is 10.5. The summed E-state index contributed by atoms with van der Waals surface area (Å²) >= 11 is 0. The molecule has 0 aromatic carbocycles. The number of rotatable bonds is 5. The molecular formula is C11H20N2O4. The molecule has 1 rings (SSSR count). The number of carboxylic acids is 1. The summed E-state index contributed by atoms with van der Waals surface area (Å²) in [4.78, 5) is 26.4. The molecule has 1 aliphatic heterocycles. The smallest absolute Gasteiger partial charge is 0.311 e. The Morgan fingerprint density at radius 3 is 2.47 bits per heavy atom. The third kappa shape index (κ3) is 3.41. The molecule has 0 aliphatic carbocycles. The van der Waals surface area contributed by atoms with E-state index in [9.17, 15) is 9.59 Å². The summed E-state index contributed by atoms with van der Waals surface area (Å²) in [5.74, 6) is -1.57. The normalized spacial score (nSPS) is 24.0. The number of nitrogens with zero attached hydrogens (tertiary/aromatic N) is 2. The molecule has 1 fully saturated rings. The second-order valence-corrected chi connectivity index (χ2v) is 4.47. The minimum absolute atomic E-state index is 0.0562. The van der Waals surface area contributed by atoms with Crippen molar-refractivity contribution in [3.63, 3.8) is 0 Å². The Morgan fingerprint density at radius 2 is 2.00 bits per heavy atom. The minimum atomic E-state index is -0.899. The van der Waals surface area contributed by atoms with Gasteiger partial charge in [0.25, 0.3) is 0 Å². The van der Waals surface area contributed by atoms with Crippen LogP contribution in [0.1, 0.15) is 6.92 Å². The molecule has 0 spiro atoms. The van der Waals surface area contributed by atoms with Crippen molar-refractivity contribution in [3.05, 3.63) is 0 Å². The highest BCUT2D eigenvalue weighted by molar-refractivity contribution is 5.80. The summed E-state index contributed by atoms with van der Waals surface area (Å²) in [6.45, 7) is 3.14. The van der Waals surface area contributed by atoms with Gasteiger partial charge in [0, 0.05) is 6.54 Å². The fraction of sp³-hybridized carbons (Fsp3) is 0.818. The van der Waals surface area contributed by atoms with E-state index in [2.05, 4.69) is 0 Å². The first-order valence-corrected chi connectivity index (χ1v) is 5.72. The lowest BCUT2D eigenvalue weighted by atomic mass is 10.0. The van der Waals surface area contributed by atoms with Crippen LogP contribution in [0.15, 0.2) is 0 Å². The molecule has 1 aliphatic rings. The fourth-order valence-electron chi connectivity index (χ4n) is 2.04. The monoisotopic (exact) mass is 244 g/mol. The number of aliphatic carboxylic acids is 1. The van der Waals surface area contributed by atoms with Gasteiger partial charge in [0.15, 0.2) is 0 Å². The van der Waals surface area contributed by atoms with Crippen LogP contribution in [-0.2, 0) is 14.3 Å². The third-order valence-corrected chi connectivity index (χ3v) is 2.88. The topological polar surface area (TPSA) is 70.1 Å². The first-order chi connectivity index (χ1) is 7.97. The average Bonchev–Trinajstić information content (AvgIpc) is 2.66. The van der Waals surface area contributed by atoms with E-state index in [1.54, 1.807) is 9.80 Å². The summed E-state index contributed by atoms with van der Waals surface area (Å²) in [6.07, 6.45) is 0. The standard InChI is InChI=1S/C11H20N2O4/c1-4-13(10(14)5-12(2)3)9-7-17-6-8(9)11(15)16/h8-9H,4-7H2,1-3H3,(H,15,16). The molecule has 1 saturated heterocycles. The van der Waals surface area contributed by atoms with Gasteiger partial charge in [0.2, 0.25) is 5.91 Å². The number of hydrogen-bond acceptors (Lipinski definition) is 4. The number of ether oxygens (including phenoxy) is 1. The molecule has 0 saturated carbocycles. The molecule has 0 aromatic rings. The Hall–Kier alpha value is -1.14. The molecule has 1 amide bonds. The first kappa shape index (κ1) is 13.9. The first-order valence-electron chi connectivity index (χ1n) is 5.72. The lowest BCUT2D eigenvalue weighted by Gasteiger charge is -2.30. The maximum Gasteiger partial charge on any atom is 0.311 e. The van der Waals surface area contributed by atoms with Crippen molar-refractivity contribution in [3.8, 4) is 0 Å². The van der Waals surface area contributed by atoms with Crippen molar-refractivity contribution in [1.29, 1.82) is 0 Å². The molecule has 1 heterocycles. The summed E-state index contributed by atoms with van der Waals surface area (Å²) in [7, 11) is 3.62. The van der Waals surface area contributed by atoms with Gasteiger partial charge in [-0.2, -0.15) is 0 Å². The molecule has 17 heavy (non-hydrogen) atoms. The zero-order valence-corrected chi connectivity index (χ0v) is 10.5. The van der Waals surface area contributed by atoms with E-state index in [-0.39, 0.29) is 25.1 Å². The quantitative estimate of drug-likeness (QED) is 0.706. The highest BCUT2D eigenvalue weighted by Crippen LogP contribution is 2.20. The van der Waals surface area contributed by atoms with Gasteiger partial charge in [-0.1, -0.05) is 0 Å². The van der Waals surface area contributed by atoms with Gasteiger partial charge >= 0.3 is 5.97 Å². The average molecular weight is 244 g/mol. The van der Waals surface area contributed by atoms with Crippen LogP contribution in [0.3, 0.4) is 0 Å². The van der Waals surface area contributed by atoms with Crippen LogP contribution in [-0.4, -0.2) is 73.2 Å². The van der Waals surface area contributed by atoms with Gasteiger partial charge in [-0.3, -0.25) is 9.59 Å². The summed E-state index contributed by atoms with van der Waals surface area (Å²) in [6, 6.07) is -0.343. The Labute approximate surface area is 101 Å². The number of carbonyl (C=O) groups excluding carboxylic acids is 1. The van der Waals surface area contributed by atoms with E-state index >= 15 is 0 Å². The number of amides is 1. The zero-order chi connectivity index (χ0) is 13.0. The molecule has 0 bridgehead atoms. The summed E-state index contributed by atoms with van der Waals surface area (Å²) < 4.78 is 5.18. The second kappa shape index (κ2) is 5.97. The second-order valence-electron chi connectivity index (χ2n) is 4.47. The van der Waals surface area contributed by atoms with Gasteiger partial charge < -0.3 is 19.6 Å². The van der Waals surface area contributed by atoms with Crippen molar-refractivity contribution in [2.45, 2.75) is 13.0 Å². The highest BCUT2D eigenvalue weighted by Gasteiger charge is 2.39. The predicted octanol–water partition coefficient (Wildman–Crippen LogP) is -0.504. The Kier molecular flexibility index (Phi) is 4.89. The SMILES string of the molecule is CCN(C(=O)CN(C)C)C1COCC1C(=O)O. The van der Waals surface area contributed by atoms with Gasteiger partial charge in [-0.05, 0) is 21.0 Å². The van der Waals surface area contributed by atoms with E-state index in [4.69, 9.17) is 9.84 Å². The molecule has 1 N–H and O–H groups in total. The molecule has 0 aromatic heterocycles. The van der Waals surface area contributed by atoms with Crippen LogP contribution in [0.25, 0.3) is 0 Å².